The van der Waals surface area contributed by atoms with Crippen molar-refractivity contribution < 1.29 is 4.42 Å². The summed E-state index contributed by atoms with van der Waals surface area (Å²) in [5.41, 5.74) is 8.85. The largest absolute Gasteiger partial charge is 0.436 e. The molecule has 150 valence electrons. The summed E-state index contributed by atoms with van der Waals surface area (Å²) in [6.45, 7) is 6.72. The predicted molar refractivity (Wildman–Crippen MR) is 121 cm³/mol. The number of hydrogen-bond donors (Lipinski definition) is 0. The zero-order valence-electron chi connectivity index (χ0n) is 17.8. The van der Waals surface area contributed by atoms with Gasteiger partial charge in [-0.05, 0) is 75.3 Å². The van der Waals surface area contributed by atoms with Crippen molar-refractivity contribution in [3.05, 3.63) is 70.9 Å². The molecule has 2 saturated heterocycles. The van der Waals surface area contributed by atoms with Crippen molar-refractivity contribution in [3.63, 3.8) is 0 Å². The Hall–Kier alpha value is -2.81. The van der Waals surface area contributed by atoms with Crippen molar-refractivity contribution in [3.8, 4) is 0 Å². The van der Waals surface area contributed by atoms with Crippen LogP contribution in [0.2, 0.25) is 0 Å². The Labute approximate surface area is 176 Å². The van der Waals surface area contributed by atoms with Crippen molar-refractivity contribution in [2.45, 2.75) is 63.5 Å². The molecular formula is C27H26N2O. The highest BCUT2D eigenvalue weighted by Gasteiger charge is 2.65. The van der Waals surface area contributed by atoms with E-state index in [1.807, 2.05) is 6.92 Å². The third-order valence-corrected chi connectivity index (χ3v) is 8.64. The lowest BCUT2D eigenvalue weighted by Gasteiger charge is -2.70. The molecule has 4 aromatic rings. The van der Waals surface area contributed by atoms with Crippen molar-refractivity contribution in [2.24, 2.45) is 0 Å². The van der Waals surface area contributed by atoms with Crippen molar-refractivity contribution in [1.29, 1.82) is 0 Å². The second-order valence-corrected chi connectivity index (χ2v) is 9.79. The summed E-state index contributed by atoms with van der Waals surface area (Å²) in [4.78, 5) is 7.45. The summed E-state index contributed by atoms with van der Waals surface area (Å²) in [6.07, 6.45) is 5.08. The van der Waals surface area contributed by atoms with Gasteiger partial charge in [0.15, 0.2) is 5.58 Å². The first-order chi connectivity index (χ1) is 14.6. The van der Waals surface area contributed by atoms with E-state index in [0.29, 0.717) is 6.04 Å². The molecule has 3 aliphatic carbocycles. The molecule has 3 heteroatoms. The van der Waals surface area contributed by atoms with E-state index in [0.717, 1.165) is 22.4 Å². The Kier molecular flexibility index (Phi) is 2.97. The van der Waals surface area contributed by atoms with Gasteiger partial charge in [0, 0.05) is 27.9 Å². The van der Waals surface area contributed by atoms with E-state index in [4.69, 9.17) is 9.40 Å². The maximum absolute atomic E-state index is 6.49. The number of rotatable bonds is 1. The van der Waals surface area contributed by atoms with Crippen LogP contribution < -0.4 is 4.90 Å². The Bertz CT molecular complexity index is 1360. The summed E-state index contributed by atoms with van der Waals surface area (Å²) in [6, 6.07) is 18.4. The smallest absolute Gasteiger partial charge is 0.227 e. The van der Waals surface area contributed by atoms with Gasteiger partial charge in [0.2, 0.25) is 5.71 Å². The molecule has 30 heavy (non-hydrogen) atoms. The molecule has 1 unspecified atom stereocenters. The van der Waals surface area contributed by atoms with Crippen LogP contribution >= 0.6 is 0 Å². The zero-order valence-corrected chi connectivity index (χ0v) is 17.8. The van der Waals surface area contributed by atoms with Gasteiger partial charge in [0.25, 0.3) is 0 Å². The van der Waals surface area contributed by atoms with Crippen LogP contribution in [0.15, 0.2) is 52.9 Å². The first-order valence-electron chi connectivity index (χ1n) is 11.2. The Morgan fingerprint density at radius 1 is 0.900 bits per heavy atom. The molecule has 2 aromatic carbocycles. The quantitative estimate of drug-likeness (QED) is 0.368. The predicted octanol–water partition coefficient (Wildman–Crippen LogP) is 6.53. The number of hydrogen-bond acceptors (Lipinski definition) is 3. The molecule has 10 rings (SSSR count). The molecule has 0 radical (unpaired) electrons. The van der Waals surface area contributed by atoms with E-state index in [-0.39, 0.29) is 11.0 Å². The number of piperidine rings is 2. The van der Waals surface area contributed by atoms with Crippen molar-refractivity contribution in [1.82, 2.24) is 4.98 Å². The number of furan rings is 1. The number of aryl methyl sites for hydroxylation is 2. The summed E-state index contributed by atoms with van der Waals surface area (Å²) < 4.78 is 6.49. The summed E-state index contributed by atoms with van der Waals surface area (Å²) in [7, 11) is 0. The molecule has 0 amide bonds. The lowest BCUT2D eigenvalue weighted by Crippen LogP contribution is -2.72. The Balaban J connectivity index is 1.56. The van der Waals surface area contributed by atoms with Gasteiger partial charge in [-0.3, -0.25) is 0 Å². The highest BCUT2D eigenvalue weighted by molar-refractivity contribution is 6.09. The molecule has 2 aromatic heterocycles. The average Bonchev–Trinajstić information content (AvgIpc) is 3.13. The fourth-order valence-electron chi connectivity index (χ4n) is 7.21. The van der Waals surface area contributed by atoms with Gasteiger partial charge in [-0.1, -0.05) is 36.4 Å². The molecule has 0 spiro atoms. The summed E-state index contributed by atoms with van der Waals surface area (Å²) in [5, 5.41) is 2.30. The van der Waals surface area contributed by atoms with Crippen LogP contribution in [0.5, 0.6) is 0 Å². The molecule has 2 bridgehead atoms. The molecule has 6 aliphatic rings. The van der Waals surface area contributed by atoms with Crippen LogP contribution in [0, 0.1) is 13.8 Å². The standard InChI is InChI=1S/C27H26N2O/c1-16-8-10-19-20-11-9-17(2)28-25(20)30-24(19)23(16)29-18(3)26-12-14-27(29,15-13-26)22-7-5-4-6-21(22)26/h4-11,18H,12-15H2,1-3H3. The van der Waals surface area contributed by atoms with E-state index in [2.05, 4.69) is 67.3 Å². The van der Waals surface area contributed by atoms with Gasteiger partial charge in [-0.15, -0.1) is 0 Å². The molecule has 1 saturated carbocycles. The average molecular weight is 395 g/mol. The number of aromatic nitrogens is 1. The van der Waals surface area contributed by atoms with Gasteiger partial charge in [-0.25, -0.2) is 4.98 Å². The van der Waals surface area contributed by atoms with Crippen LogP contribution in [0.25, 0.3) is 22.1 Å². The van der Waals surface area contributed by atoms with E-state index in [1.165, 1.54) is 42.3 Å². The number of benzene rings is 2. The van der Waals surface area contributed by atoms with Crippen molar-refractivity contribution in [2.75, 3.05) is 4.90 Å². The van der Waals surface area contributed by atoms with Gasteiger partial charge in [-0.2, -0.15) is 0 Å². The number of pyridine rings is 1. The maximum atomic E-state index is 6.49. The van der Waals surface area contributed by atoms with Crippen LogP contribution in [-0.2, 0) is 11.0 Å². The summed E-state index contributed by atoms with van der Waals surface area (Å²) >= 11 is 0. The molecular weight excluding hydrogens is 368 g/mol. The highest BCUT2D eigenvalue weighted by Crippen LogP contribution is 2.67. The molecule has 3 nitrogen and oxygen atoms in total. The zero-order chi connectivity index (χ0) is 20.3. The monoisotopic (exact) mass is 394 g/mol. The Morgan fingerprint density at radius 3 is 2.43 bits per heavy atom. The topological polar surface area (TPSA) is 29.3 Å². The minimum Gasteiger partial charge on any atom is -0.436 e. The first kappa shape index (κ1) is 16.9. The van der Waals surface area contributed by atoms with Gasteiger partial charge >= 0.3 is 0 Å². The van der Waals surface area contributed by atoms with E-state index in [1.54, 1.807) is 11.1 Å². The second-order valence-electron chi connectivity index (χ2n) is 9.79. The third-order valence-electron chi connectivity index (χ3n) is 8.64. The van der Waals surface area contributed by atoms with E-state index >= 15 is 0 Å². The van der Waals surface area contributed by atoms with Crippen molar-refractivity contribution >= 4 is 27.8 Å². The SMILES string of the molecule is Cc1ccc2c(n1)oc1c(N3C(C)C45CCC3(CC4)c3ccccc35)c(C)ccc12. The molecule has 3 fully saturated rings. The minimum atomic E-state index is 0.0807. The first-order valence-corrected chi connectivity index (χ1v) is 11.2. The normalized spacial score (nSPS) is 29.2. The van der Waals surface area contributed by atoms with Crippen LogP contribution in [0.3, 0.4) is 0 Å². The molecule has 5 heterocycles. The number of fused-ring (bicyclic) bond motifs is 3. The van der Waals surface area contributed by atoms with Gasteiger partial charge < -0.3 is 9.32 Å². The van der Waals surface area contributed by atoms with Crippen LogP contribution in [0.1, 0.15) is 55.0 Å². The third kappa shape index (κ3) is 1.73. The molecule has 3 aliphatic heterocycles. The fourth-order valence-corrected chi connectivity index (χ4v) is 7.21. The summed E-state index contributed by atoms with van der Waals surface area (Å²) in [5.74, 6) is 0. The second kappa shape index (κ2) is 5.26. The number of nitrogens with zero attached hydrogens (tertiary/aromatic N) is 2. The highest BCUT2D eigenvalue weighted by atomic mass is 16.3. The molecule has 0 N–H and O–H groups in total. The van der Waals surface area contributed by atoms with Crippen LogP contribution in [-0.4, -0.2) is 11.0 Å². The number of anilines is 1. The maximum Gasteiger partial charge on any atom is 0.227 e. The minimum absolute atomic E-state index is 0.0807. The lowest BCUT2D eigenvalue weighted by molar-refractivity contribution is 0.0556. The van der Waals surface area contributed by atoms with Gasteiger partial charge in [0.05, 0.1) is 11.2 Å². The van der Waals surface area contributed by atoms with E-state index < -0.39 is 0 Å². The molecule has 1 atom stereocenters. The lowest BCUT2D eigenvalue weighted by atomic mass is 9.47. The van der Waals surface area contributed by atoms with Gasteiger partial charge in [0.1, 0.15) is 0 Å². The Morgan fingerprint density at radius 2 is 1.63 bits per heavy atom. The van der Waals surface area contributed by atoms with E-state index in [9.17, 15) is 0 Å². The fraction of sp³-hybridized carbons (Fsp3) is 0.370. The van der Waals surface area contributed by atoms with Crippen LogP contribution in [0.4, 0.5) is 5.69 Å².